The van der Waals surface area contributed by atoms with E-state index in [1.54, 1.807) is 6.07 Å². The maximum atomic E-state index is 11.1. The highest BCUT2D eigenvalue weighted by Gasteiger charge is 2.14. The van der Waals surface area contributed by atoms with Crippen LogP contribution in [0.15, 0.2) is 36.7 Å². The predicted molar refractivity (Wildman–Crippen MR) is 83.7 cm³/mol. The molecule has 1 aromatic heterocycles. The predicted octanol–water partition coefficient (Wildman–Crippen LogP) is 3.77. The lowest BCUT2D eigenvalue weighted by Crippen LogP contribution is -2.17. The second kappa shape index (κ2) is 6.74. The van der Waals surface area contributed by atoms with Crippen LogP contribution in [0.1, 0.15) is 31.0 Å². The molecule has 1 atom stereocenters. The summed E-state index contributed by atoms with van der Waals surface area (Å²) >= 11 is 5.94. The lowest BCUT2D eigenvalue weighted by atomic mass is 10.1. The third-order valence-electron chi connectivity index (χ3n) is 3.37. The Hall–Kier alpha value is -1.85. The first-order chi connectivity index (χ1) is 10.0. The van der Waals surface area contributed by atoms with Crippen molar-refractivity contribution in [2.75, 3.05) is 6.54 Å². The van der Waals surface area contributed by atoms with Crippen molar-refractivity contribution < 1.29 is 4.92 Å². The molecule has 112 valence electrons. The van der Waals surface area contributed by atoms with E-state index in [2.05, 4.69) is 19.2 Å². The van der Waals surface area contributed by atoms with E-state index in [0.717, 1.165) is 12.1 Å². The molecule has 2 rings (SSSR count). The van der Waals surface area contributed by atoms with Crippen molar-refractivity contribution in [2.45, 2.75) is 26.4 Å². The van der Waals surface area contributed by atoms with Crippen LogP contribution in [0, 0.1) is 10.1 Å². The smallest absolute Gasteiger partial charge is 0.274 e. The number of rotatable bonds is 6. The van der Waals surface area contributed by atoms with Crippen LogP contribution in [-0.4, -0.2) is 16.0 Å². The highest BCUT2D eigenvalue weighted by molar-refractivity contribution is 6.30. The standard InChI is InChI=1S/C15H18ClN3O2/c1-3-17-11(2)12-6-7-18(9-12)10-13-8-14(16)4-5-15(13)19(20)21/h4-9,11,17H,3,10H2,1-2H3. The molecule has 0 amide bonds. The zero-order valence-electron chi connectivity index (χ0n) is 12.0. The number of nitrogens with zero attached hydrogens (tertiary/aromatic N) is 2. The van der Waals surface area contributed by atoms with E-state index >= 15 is 0 Å². The molecule has 1 aromatic carbocycles. The van der Waals surface area contributed by atoms with Gasteiger partial charge in [-0.1, -0.05) is 18.5 Å². The minimum absolute atomic E-state index is 0.0920. The zero-order chi connectivity index (χ0) is 15.4. The molecule has 0 saturated heterocycles. The van der Waals surface area contributed by atoms with Gasteiger partial charge in [0.05, 0.1) is 17.0 Å². The highest BCUT2D eigenvalue weighted by atomic mass is 35.5. The summed E-state index contributed by atoms with van der Waals surface area (Å²) in [7, 11) is 0. The third-order valence-corrected chi connectivity index (χ3v) is 3.61. The fraction of sp³-hybridized carbons (Fsp3) is 0.333. The van der Waals surface area contributed by atoms with Crippen molar-refractivity contribution in [3.63, 3.8) is 0 Å². The maximum Gasteiger partial charge on any atom is 0.274 e. The molecule has 0 bridgehead atoms. The van der Waals surface area contributed by atoms with Gasteiger partial charge in [0.15, 0.2) is 0 Å². The van der Waals surface area contributed by atoms with Crippen LogP contribution < -0.4 is 5.32 Å². The number of nitro benzene ring substituents is 1. The highest BCUT2D eigenvalue weighted by Crippen LogP contribution is 2.24. The minimum atomic E-state index is -0.378. The van der Waals surface area contributed by atoms with Crippen LogP contribution in [0.25, 0.3) is 0 Å². The summed E-state index contributed by atoms with van der Waals surface area (Å²) in [6.45, 7) is 5.47. The molecule has 2 aromatic rings. The summed E-state index contributed by atoms with van der Waals surface area (Å²) in [6.07, 6.45) is 3.92. The van der Waals surface area contributed by atoms with Crippen molar-refractivity contribution in [3.05, 3.63) is 62.9 Å². The quantitative estimate of drug-likeness (QED) is 0.653. The molecule has 0 saturated carbocycles. The summed E-state index contributed by atoms with van der Waals surface area (Å²) in [5.41, 5.74) is 1.85. The number of hydrogen-bond acceptors (Lipinski definition) is 3. The molecule has 6 heteroatoms. The first-order valence-electron chi connectivity index (χ1n) is 6.83. The first-order valence-corrected chi connectivity index (χ1v) is 7.21. The van der Waals surface area contributed by atoms with E-state index in [1.807, 2.05) is 23.0 Å². The van der Waals surface area contributed by atoms with Gasteiger partial charge >= 0.3 is 0 Å². The fourth-order valence-corrected chi connectivity index (χ4v) is 2.49. The molecule has 21 heavy (non-hydrogen) atoms. The number of halogens is 1. The van der Waals surface area contributed by atoms with Gasteiger partial charge in [0.1, 0.15) is 0 Å². The van der Waals surface area contributed by atoms with E-state index in [4.69, 9.17) is 11.6 Å². The lowest BCUT2D eigenvalue weighted by Gasteiger charge is -2.10. The largest absolute Gasteiger partial charge is 0.349 e. The van der Waals surface area contributed by atoms with Gasteiger partial charge in [-0.15, -0.1) is 0 Å². The summed E-state index contributed by atoms with van der Waals surface area (Å²) in [5, 5.41) is 14.9. The molecule has 0 radical (unpaired) electrons. The monoisotopic (exact) mass is 307 g/mol. The number of nitro groups is 1. The summed E-state index contributed by atoms with van der Waals surface area (Å²) in [4.78, 5) is 10.7. The Balaban J connectivity index is 2.22. The van der Waals surface area contributed by atoms with Crippen molar-refractivity contribution in [1.82, 2.24) is 9.88 Å². The Labute approximate surface area is 128 Å². The van der Waals surface area contributed by atoms with Crippen LogP contribution in [-0.2, 0) is 6.54 Å². The SMILES string of the molecule is CCNC(C)c1ccn(Cc2cc(Cl)ccc2[N+](=O)[O-])c1. The number of hydrogen-bond donors (Lipinski definition) is 1. The molecule has 0 fully saturated rings. The molecule has 0 spiro atoms. The summed E-state index contributed by atoms with van der Waals surface area (Å²) < 4.78 is 1.93. The Morgan fingerprint density at radius 1 is 1.43 bits per heavy atom. The van der Waals surface area contributed by atoms with Gasteiger partial charge in [-0.2, -0.15) is 0 Å². The van der Waals surface area contributed by atoms with Crippen LogP contribution >= 0.6 is 11.6 Å². The number of benzene rings is 1. The lowest BCUT2D eigenvalue weighted by molar-refractivity contribution is -0.385. The van der Waals surface area contributed by atoms with Gasteiger partial charge in [-0.3, -0.25) is 10.1 Å². The molecular formula is C15H18ClN3O2. The summed E-state index contributed by atoms with van der Waals surface area (Å²) in [5.74, 6) is 0. The van der Waals surface area contributed by atoms with Crippen LogP contribution in [0.2, 0.25) is 5.02 Å². The second-order valence-corrected chi connectivity index (χ2v) is 5.36. The minimum Gasteiger partial charge on any atom is -0.349 e. The zero-order valence-corrected chi connectivity index (χ0v) is 12.8. The van der Waals surface area contributed by atoms with Crippen molar-refractivity contribution in [2.24, 2.45) is 0 Å². The van der Waals surface area contributed by atoms with Gasteiger partial charge in [0.25, 0.3) is 5.69 Å². The Kier molecular flexibility index (Phi) is 4.98. The van der Waals surface area contributed by atoms with Crippen LogP contribution in [0.5, 0.6) is 0 Å². The second-order valence-electron chi connectivity index (χ2n) is 4.93. The van der Waals surface area contributed by atoms with E-state index < -0.39 is 0 Å². The Morgan fingerprint density at radius 3 is 2.86 bits per heavy atom. The van der Waals surface area contributed by atoms with Crippen LogP contribution in [0.3, 0.4) is 0 Å². The molecule has 5 nitrogen and oxygen atoms in total. The van der Waals surface area contributed by atoms with Crippen molar-refractivity contribution >= 4 is 17.3 Å². The van der Waals surface area contributed by atoms with E-state index in [1.165, 1.54) is 12.1 Å². The molecule has 0 aliphatic carbocycles. The molecule has 0 aliphatic heterocycles. The van der Waals surface area contributed by atoms with Crippen molar-refractivity contribution in [1.29, 1.82) is 0 Å². The third kappa shape index (κ3) is 3.83. The molecule has 1 N–H and O–H groups in total. The Bertz CT molecular complexity index is 640. The van der Waals surface area contributed by atoms with Gasteiger partial charge < -0.3 is 9.88 Å². The van der Waals surface area contributed by atoms with Gasteiger partial charge in [0.2, 0.25) is 0 Å². The number of nitrogens with one attached hydrogen (secondary N) is 1. The molecule has 1 heterocycles. The first kappa shape index (κ1) is 15.5. The fourth-order valence-electron chi connectivity index (χ4n) is 2.29. The summed E-state index contributed by atoms with van der Waals surface area (Å²) in [6, 6.07) is 6.91. The normalized spacial score (nSPS) is 12.3. The molecule has 0 aliphatic rings. The van der Waals surface area contributed by atoms with Crippen LogP contribution in [0.4, 0.5) is 5.69 Å². The average molecular weight is 308 g/mol. The van der Waals surface area contributed by atoms with E-state index in [-0.39, 0.29) is 16.7 Å². The topological polar surface area (TPSA) is 60.1 Å². The van der Waals surface area contributed by atoms with Gasteiger partial charge in [-0.05, 0) is 37.2 Å². The number of aromatic nitrogens is 1. The average Bonchev–Trinajstić information content (AvgIpc) is 2.87. The Morgan fingerprint density at radius 2 is 2.19 bits per heavy atom. The van der Waals surface area contributed by atoms with E-state index in [0.29, 0.717) is 17.1 Å². The van der Waals surface area contributed by atoms with Gasteiger partial charge in [0, 0.05) is 29.5 Å². The molecular weight excluding hydrogens is 290 g/mol. The molecule has 1 unspecified atom stereocenters. The van der Waals surface area contributed by atoms with E-state index in [9.17, 15) is 10.1 Å². The maximum absolute atomic E-state index is 11.1. The van der Waals surface area contributed by atoms with Crippen molar-refractivity contribution in [3.8, 4) is 0 Å². The van der Waals surface area contributed by atoms with Gasteiger partial charge in [-0.25, -0.2) is 0 Å².